The van der Waals surface area contributed by atoms with E-state index in [-0.39, 0.29) is 18.0 Å². The first-order chi connectivity index (χ1) is 6.30. The fourth-order valence-electron chi connectivity index (χ4n) is 0.911. The molecule has 0 unspecified atom stereocenters. The Balaban J connectivity index is 0.00000196. The van der Waals surface area contributed by atoms with Crippen LogP contribution in [0.25, 0.3) is 0 Å². The van der Waals surface area contributed by atoms with E-state index in [4.69, 9.17) is 5.73 Å². The number of aromatic nitrogens is 1. The van der Waals surface area contributed by atoms with Gasteiger partial charge in [-0.1, -0.05) is 39.5 Å². The molecule has 0 radical (unpaired) electrons. The second kappa shape index (κ2) is 4.85. The number of rotatable bonds is 1. The van der Waals surface area contributed by atoms with E-state index in [9.17, 15) is 4.79 Å². The maximum absolute atomic E-state index is 10.5. The number of nitrogens with zero attached hydrogens (tertiary/aromatic N) is 1. The number of carbonyl (C=O) groups is 1. The molecule has 0 fully saturated rings. The molecule has 0 bridgehead atoms. The quantitative estimate of drug-likeness (QED) is 0.751. The molecule has 0 aliphatic rings. The normalized spacial score (nSPS) is 10.7. The molecule has 1 rings (SSSR count). The third-order valence-electron chi connectivity index (χ3n) is 1.46. The zero-order valence-electron chi connectivity index (χ0n) is 8.20. The number of primary amides is 1. The highest BCUT2D eigenvalue weighted by atomic mass is 32.1. The Bertz CT molecular complexity index is 355. The fraction of sp³-hybridized carbons (Fsp3) is 0.556. The Morgan fingerprint density at radius 1 is 1.53 bits per heavy atom. The van der Waals surface area contributed by atoms with Gasteiger partial charge >= 0.3 is 6.09 Å². The Kier molecular flexibility index (Phi) is 4.61. The molecular formula is C9H16N2O2S2. The highest BCUT2D eigenvalue weighted by molar-refractivity contribution is 7.80. The van der Waals surface area contributed by atoms with Crippen molar-refractivity contribution in [2.75, 3.05) is 0 Å². The average molecular weight is 248 g/mol. The van der Waals surface area contributed by atoms with E-state index in [1.54, 1.807) is 0 Å². The van der Waals surface area contributed by atoms with E-state index >= 15 is 0 Å². The number of thiazole rings is 1. The Morgan fingerprint density at radius 2 is 2.07 bits per heavy atom. The summed E-state index contributed by atoms with van der Waals surface area (Å²) in [6.07, 6.45) is -0.854. The lowest BCUT2D eigenvalue weighted by Gasteiger charge is -2.15. The number of nitrogens with two attached hydrogens (primary N) is 1. The van der Waals surface area contributed by atoms with E-state index < -0.39 is 6.09 Å². The van der Waals surface area contributed by atoms with Crippen LogP contribution in [0.4, 0.5) is 4.79 Å². The number of amides is 1. The molecule has 1 aromatic rings. The average Bonchev–Trinajstić information content (AvgIpc) is 2.27. The zero-order chi connectivity index (χ0) is 10.9. The van der Waals surface area contributed by atoms with Crippen molar-refractivity contribution in [2.24, 2.45) is 5.73 Å². The van der Waals surface area contributed by atoms with Gasteiger partial charge in [0.1, 0.15) is 5.03 Å². The molecule has 0 spiro atoms. The number of hydrogen-bond donors (Lipinski definition) is 2. The third kappa shape index (κ3) is 3.71. The van der Waals surface area contributed by atoms with Crippen molar-refractivity contribution in [2.45, 2.75) is 38.6 Å². The SMILES string of the molecule is C.CC(C)(C)c1sc(OC(N)=O)nc1S. The first kappa shape index (κ1) is 14.2. The Morgan fingerprint density at radius 3 is 2.40 bits per heavy atom. The standard InChI is InChI=1S/C8H12N2O2S2.CH4/c1-8(2,3)4-5(13)10-7(14-4)12-6(9)11;/h13H,1-3H3,(H2,9,11);1H4. The van der Waals surface area contributed by atoms with E-state index in [1.165, 1.54) is 11.3 Å². The predicted octanol–water partition coefficient (Wildman–Crippen LogP) is 2.82. The van der Waals surface area contributed by atoms with Crippen LogP contribution < -0.4 is 10.5 Å². The summed E-state index contributed by atoms with van der Waals surface area (Å²) in [4.78, 5) is 15.4. The minimum Gasteiger partial charge on any atom is -0.381 e. The van der Waals surface area contributed by atoms with Gasteiger partial charge in [-0.15, -0.1) is 12.6 Å². The van der Waals surface area contributed by atoms with Gasteiger partial charge in [-0.05, 0) is 5.41 Å². The van der Waals surface area contributed by atoms with Crippen LogP contribution in [-0.4, -0.2) is 11.1 Å². The van der Waals surface area contributed by atoms with Crippen molar-refractivity contribution >= 4 is 30.1 Å². The molecule has 15 heavy (non-hydrogen) atoms. The summed E-state index contributed by atoms with van der Waals surface area (Å²) in [7, 11) is 0. The molecule has 0 aliphatic carbocycles. The summed E-state index contributed by atoms with van der Waals surface area (Å²) in [6.45, 7) is 6.11. The van der Waals surface area contributed by atoms with Gasteiger partial charge in [-0.25, -0.2) is 4.79 Å². The lowest BCUT2D eigenvalue weighted by atomic mass is 9.95. The lowest BCUT2D eigenvalue weighted by molar-refractivity contribution is 0.210. The zero-order valence-corrected chi connectivity index (χ0v) is 9.91. The number of hydrogen-bond acceptors (Lipinski definition) is 5. The monoisotopic (exact) mass is 248 g/mol. The molecule has 0 saturated heterocycles. The molecule has 1 aromatic heterocycles. The fourth-order valence-corrected chi connectivity index (χ4v) is 2.42. The maximum atomic E-state index is 10.5. The lowest BCUT2D eigenvalue weighted by Crippen LogP contribution is -2.15. The van der Waals surface area contributed by atoms with Crippen LogP contribution in [0.15, 0.2) is 5.03 Å². The number of carbonyl (C=O) groups excluding carboxylic acids is 1. The predicted molar refractivity (Wildman–Crippen MR) is 65.0 cm³/mol. The van der Waals surface area contributed by atoms with Crippen molar-refractivity contribution < 1.29 is 9.53 Å². The minimum absolute atomic E-state index is 0. The van der Waals surface area contributed by atoms with Crippen LogP contribution in [0.5, 0.6) is 5.19 Å². The first-order valence-corrected chi connectivity index (χ1v) is 5.24. The molecule has 0 aliphatic heterocycles. The van der Waals surface area contributed by atoms with Crippen LogP contribution in [-0.2, 0) is 5.41 Å². The van der Waals surface area contributed by atoms with Crippen molar-refractivity contribution in [3.8, 4) is 5.19 Å². The molecule has 1 amide bonds. The van der Waals surface area contributed by atoms with Crippen molar-refractivity contribution in [1.82, 2.24) is 4.98 Å². The van der Waals surface area contributed by atoms with Crippen LogP contribution in [0.3, 0.4) is 0 Å². The van der Waals surface area contributed by atoms with Crippen molar-refractivity contribution in [3.05, 3.63) is 4.88 Å². The first-order valence-electron chi connectivity index (χ1n) is 3.98. The number of ether oxygens (including phenoxy) is 1. The summed E-state index contributed by atoms with van der Waals surface area (Å²) in [5.74, 6) is 0. The van der Waals surface area contributed by atoms with E-state index in [0.717, 1.165) is 4.88 Å². The summed E-state index contributed by atoms with van der Waals surface area (Å²) in [5.41, 5.74) is 4.81. The third-order valence-corrected chi connectivity index (χ3v) is 3.29. The Hall–Kier alpha value is -0.750. The van der Waals surface area contributed by atoms with E-state index in [1.807, 2.05) is 20.8 Å². The van der Waals surface area contributed by atoms with Gasteiger partial charge in [0.2, 0.25) is 0 Å². The van der Waals surface area contributed by atoms with Gasteiger partial charge in [-0.2, -0.15) is 4.98 Å². The second-order valence-corrected chi connectivity index (χ2v) is 5.19. The molecule has 86 valence electrons. The van der Waals surface area contributed by atoms with Crippen LogP contribution in [0, 0.1) is 0 Å². The molecule has 0 saturated carbocycles. The largest absolute Gasteiger partial charge is 0.411 e. The van der Waals surface area contributed by atoms with Crippen LogP contribution in [0.1, 0.15) is 33.1 Å². The molecular weight excluding hydrogens is 232 g/mol. The Labute approximate surface area is 99.3 Å². The highest BCUT2D eigenvalue weighted by Crippen LogP contribution is 2.36. The van der Waals surface area contributed by atoms with Crippen molar-refractivity contribution in [3.63, 3.8) is 0 Å². The summed E-state index contributed by atoms with van der Waals surface area (Å²) < 4.78 is 4.67. The molecule has 4 nitrogen and oxygen atoms in total. The summed E-state index contributed by atoms with van der Waals surface area (Å²) in [6, 6.07) is 0. The van der Waals surface area contributed by atoms with Crippen molar-refractivity contribution in [1.29, 1.82) is 0 Å². The topological polar surface area (TPSA) is 65.2 Å². The van der Waals surface area contributed by atoms with Gasteiger partial charge in [0.25, 0.3) is 5.19 Å². The van der Waals surface area contributed by atoms with Gasteiger partial charge in [-0.3, -0.25) is 0 Å². The van der Waals surface area contributed by atoms with Gasteiger partial charge in [0, 0.05) is 4.88 Å². The summed E-state index contributed by atoms with van der Waals surface area (Å²) in [5, 5.41) is 0.825. The highest BCUT2D eigenvalue weighted by Gasteiger charge is 2.22. The second-order valence-electron chi connectivity index (χ2n) is 3.80. The summed E-state index contributed by atoms with van der Waals surface area (Å²) >= 11 is 5.49. The number of thiol groups is 1. The minimum atomic E-state index is -0.854. The van der Waals surface area contributed by atoms with Crippen LogP contribution in [0.2, 0.25) is 0 Å². The van der Waals surface area contributed by atoms with E-state index in [0.29, 0.717) is 5.03 Å². The van der Waals surface area contributed by atoms with Gasteiger partial charge < -0.3 is 10.5 Å². The van der Waals surface area contributed by atoms with Gasteiger partial charge in [0.05, 0.1) is 0 Å². The molecule has 2 N–H and O–H groups in total. The maximum Gasteiger partial charge on any atom is 0.411 e. The molecule has 6 heteroatoms. The molecule has 1 heterocycles. The molecule has 0 aromatic carbocycles. The van der Waals surface area contributed by atoms with E-state index in [2.05, 4.69) is 22.3 Å². The van der Waals surface area contributed by atoms with Crippen LogP contribution >= 0.6 is 24.0 Å². The smallest absolute Gasteiger partial charge is 0.381 e. The van der Waals surface area contributed by atoms with Gasteiger partial charge in [0.15, 0.2) is 0 Å². The molecule has 0 atom stereocenters.